The normalized spacial score (nSPS) is 12.2. The molecule has 0 aliphatic carbocycles. The predicted octanol–water partition coefficient (Wildman–Crippen LogP) is 6.01. The summed E-state index contributed by atoms with van der Waals surface area (Å²) in [5, 5.41) is 3.95. The Balaban J connectivity index is 1.90. The fourth-order valence-corrected chi connectivity index (χ4v) is 6.01. The minimum absolute atomic E-state index is 0.0342. The van der Waals surface area contributed by atoms with E-state index in [-0.39, 0.29) is 43.8 Å². The lowest BCUT2D eigenvalue weighted by Crippen LogP contribution is -2.51. The van der Waals surface area contributed by atoms with Crippen molar-refractivity contribution in [1.29, 1.82) is 0 Å². The SMILES string of the molecule is Cc1c(Cl)cccc1N(CCCC(=O)N(Cc1cccc(Cl)c1)C(Cc1ccccc1)C(=O)NC(C)C)S(C)(=O)=O. The maximum Gasteiger partial charge on any atom is 0.243 e. The smallest absolute Gasteiger partial charge is 0.243 e. The highest BCUT2D eigenvalue weighted by molar-refractivity contribution is 7.92. The molecule has 41 heavy (non-hydrogen) atoms. The van der Waals surface area contributed by atoms with Crippen molar-refractivity contribution in [2.45, 2.75) is 58.7 Å². The summed E-state index contributed by atoms with van der Waals surface area (Å²) in [6.45, 7) is 5.76. The summed E-state index contributed by atoms with van der Waals surface area (Å²) < 4.78 is 26.7. The lowest BCUT2D eigenvalue weighted by Gasteiger charge is -2.32. The van der Waals surface area contributed by atoms with Gasteiger partial charge in [0, 0.05) is 42.0 Å². The molecule has 1 N–H and O–H groups in total. The Morgan fingerprint density at radius 1 is 0.927 bits per heavy atom. The van der Waals surface area contributed by atoms with Crippen molar-refractivity contribution in [2.75, 3.05) is 17.1 Å². The van der Waals surface area contributed by atoms with E-state index < -0.39 is 16.1 Å². The molecule has 0 radical (unpaired) electrons. The van der Waals surface area contributed by atoms with Gasteiger partial charge in [-0.2, -0.15) is 0 Å². The molecule has 10 heteroatoms. The van der Waals surface area contributed by atoms with Gasteiger partial charge >= 0.3 is 0 Å². The number of hydrogen-bond donors (Lipinski definition) is 1. The third-order valence-electron chi connectivity index (χ3n) is 6.60. The van der Waals surface area contributed by atoms with E-state index >= 15 is 0 Å². The molecule has 1 unspecified atom stereocenters. The largest absolute Gasteiger partial charge is 0.352 e. The third-order valence-corrected chi connectivity index (χ3v) is 8.43. The van der Waals surface area contributed by atoms with Crippen LogP contribution >= 0.6 is 23.2 Å². The zero-order valence-corrected chi connectivity index (χ0v) is 26.1. The van der Waals surface area contributed by atoms with Gasteiger partial charge in [-0.3, -0.25) is 13.9 Å². The van der Waals surface area contributed by atoms with Gasteiger partial charge in [-0.05, 0) is 68.1 Å². The number of anilines is 1. The monoisotopic (exact) mass is 617 g/mol. The average Bonchev–Trinajstić information content (AvgIpc) is 2.90. The molecule has 3 rings (SSSR count). The van der Waals surface area contributed by atoms with Gasteiger partial charge in [0.25, 0.3) is 0 Å². The van der Waals surface area contributed by atoms with Crippen molar-refractivity contribution < 1.29 is 18.0 Å². The average molecular weight is 619 g/mol. The van der Waals surface area contributed by atoms with E-state index in [1.807, 2.05) is 50.2 Å². The lowest BCUT2D eigenvalue weighted by molar-refractivity contribution is -0.141. The molecule has 220 valence electrons. The molecule has 3 aromatic carbocycles. The second kappa shape index (κ2) is 14.7. The summed E-state index contributed by atoms with van der Waals surface area (Å²) in [6, 6.07) is 20.9. The Kier molecular flexibility index (Phi) is 11.6. The highest BCUT2D eigenvalue weighted by Crippen LogP contribution is 2.28. The zero-order valence-electron chi connectivity index (χ0n) is 23.8. The molecule has 0 bridgehead atoms. The van der Waals surface area contributed by atoms with Crippen LogP contribution in [0.1, 0.15) is 43.4 Å². The fraction of sp³-hybridized carbons (Fsp3) is 0.355. The van der Waals surface area contributed by atoms with E-state index in [2.05, 4.69) is 5.32 Å². The van der Waals surface area contributed by atoms with Gasteiger partial charge in [0.2, 0.25) is 21.8 Å². The second-order valence-electron chi connectivity index (χ2n) is 10.3. The number of halogens is 2. The first-order valence-electron chi connectivity index (χ1n) is 13.5. The Morgan fingerprint density at radius 2 is 1.59 bits per heavy atom. The van der Waals surface area contributed by atoms with Crippen molar-refractivity contribution in [1.82, 2.24) is 10.2 Å². The molecule has 0 aliphatic heterocycles. The number of amides is 2. The van der Waals surface area contributed by atoms with E-state index in [9.17, 15) is 18.0 Å². The summed E-state index contributed by atoms with van der Waals surface area (Å²) in [5.74, 6) is -0.521. The lowest BCUT2D eigenvalue weighted by atomic mass is 10.0. The molecular formula is C31H37Cl2N3O4S. The van der Waals surface area contributed by atoms with E-state index in [1.54, 1.807) is 48.2 Å². The van der Waals surface area contributed by atoms with Gasteiger partial charge in [-0.1, -0.05) is 71.7 Å². The summed E-state index contributed by atoms with van der Waals surface area (Å²) in [6.07, 6.45) is 1.73. The molecular weight excluding hydrogens is 581 g/mol. The Labute approximate surface area is 253 Å². The van der Waals surface area contributed by atoms with Gasteiger partial charge in [0.15, 0.2) is 0 Å². The summed E-state index contributed by atoms with van der Waals surface area (Å²) in [7, 11) is -3.64. The van der Waals surface area contributed by atoms with Gasteiger partial charge in [-0.25, -0.2) is 8.42 Å². The molecule has 0 aromatic heterocycles. The molecule has 0 heterocycles. The molecule has 3 aromatic rings. The molecule has 0 aliphatic rings. The van der Waals surface area contributed by atoms with E-state index in [0.717, 1.165) is 17.4 Å². The Morgan fingerprint density at radius 3 is 2.22 bits per heavy atom. The molecule has 0 saturated heterocycles. The van der Waals surface area contributed by atoms with Crippen molar-refractivity contribution in [3.8, 4) is 0 Å². The van der Waals surface area contributed by atoms with Crippen LogP contribution in [0.5, 0.6) is 0 Å². The van der Waals surface area contributed by atoms with Gasteiger partial charge in [0.1, 0.15) is 6.04 Å². The van der Waals surface area contributed by atoms with Crippen molar-refractivity contribution in [3.63, 3.8) is 0 Å². The van der Waals surface area contributed by atoms with Crippen LogP contribution in [0.25, 0.3) is 0 Å². The number of carbonyl (C=O) groups is 2. The third kappa shape index (κ3) is 9.48. The maximum atomic E-state index is 13.9. The number of carbonyl (C=O) groups excluding carboxylic acids is 2. The molecule has 0 saturated carbocycles. The van der Waals surface area contributed by atoms with E-state index in [1.165, 1.54) is 4.31 Å². The maximum absolute atomic E-state index is 13.9. The summed E-state index contributed by atoms with van der Waals surface area (Å²) in [5.41, 5.74) is 2.82. The number of nitrogens with zero attached hydrogens (tertiary/aromatic N) is 2. The highest BCUT2D eigenvalue weighted by atomic mass is 35.5. The molecule has 2 amide bonds. The predicted molar refractivity (Wildman–Crippen MR) is 167 cm³/mol. The van der Waals surface area contributed by atoms with Crippen LogP contribution in [-0.2, 0) is 32.6 Å². The first-order valence-corrected chi connectivity index (χ1v) is 16.1. The number of nitrogens with one attached hydrogen (secondary N) is 1. The fourth-order valence-electron chi connectivity index (χ4n) is 4.62. The zero-order chi connectivity index (χ0) is 30.2. The minimum Gasteiger partial charge on any atom is -0.352 e. The van der Waals surface area contributed by atoms with Crippen molar-refractivity contribution in [3.05, 3.63) is 99.5 Å². The van der Waals surface area contributed by atoms with Crippen LogP contribution in [0.15, 0.2) is 72.8 Å². The number of rotatable bonds is 13. The first-order chi connectivity index (χ1) is 19.4. The standard InChI is InChI=1S/C31H37Cl2N3O4S/c1-22(2)34-31(38)29(20-24-11-6-5-7-12-24)35(21-25-13-8-14-26(32)19-25)30(37)17-10-18-36(41(4,39)40)28-16-9-15-27(33)23(28)3/h5-9,11-16,19,22,29H,10,17-18,20-21H2,1-4H3,(H,34,38). The molecule has 0 fully saturated rings. The molecule has 7 nitrogen and oxygen atoms in total. The van der Waals surface area contributed by atoms with Crippen molar-refractivity contribution >= 4 is 50.7 Å². The van der Waals surface area contributed by atoms with Crippen LogP contribution in [0, 0.1) is 6.92 Å². The van der Waals surface area contributed by atoms with E-state index in [0.29, 0.717) is 27.7 Å². The topological polar surface area (TPSA) is 86.8 Å². The van der Waals surface area contributed by atoms with Gasteiger partial charge in [-0.15, -0.1) is 0 Å². The minimum atomic E-state index is -3.64. The summed E-state index contributed by atoms with van der Waals surface area (Å²) >= 11 is 12.5. The number of hydrogen-bond acceptors (Lipinski definition) is 4. The van der Waals surface area contributed by atoms with Crippen LogP contribution in [0.4, 0.5) is 5.69 Å². The Bertz CT molecular complexity index is 1450. The van der Waals surface area contributed by atoms with Crippen LogP contribution in [0.2, 0.25) is 10.0 Å². The second-order valence-corrected chi connectivity index (χ2v) is 13.1. The molecule has 0 spiro atoms. The molecule has 1 atom stereocenters. The van der Waals surface area contributed by atoms with Crippen LogP contribution in [-0.4, -0.2) is 50.0 Å². The van der Waals surface area contributed by atoms with E-state index in [4.69, 9.17) is 23.2 Å². The van der Waals surface area contributed by atoms with Crippen molar-refractivity contribution in [2.24, 2.45) is 0 Å². The number of benzene rings is 3. The quantitative estimate of drug-likeness (QED) is 0.254. The van der Waals surface area contributed by atoms with Gasteiger partial charge < -0.3 is 10.2 Å². The number of sulfonamides is 1. The highest BCUT2D eigenvalue weighted by Gasteiger charge is 2.31. The first kappa shape index (κ1) is 32.4. The summed E-state index contributed by atoms with van der Waals surface area (Å²) in [4.78, 5) is 28.9. The van der Waals surface area contributed by atoms with Crippen LogP contribution < -0.4 is 9.62 Å². The Hall–Kier alpha value is -3.07. The van der Waals surface area contributed by atoms with Gasteiger partial charge in [0.05, 0.1) is 11.9 Å². The van der Waals surface area contributed by atoms with Crippen LogP contribution in [0.3, 0.4) is 0 Å².